The molecule has 18 heavy (non-hydrogen) atoms. The van der Waals surface area contributed by atoms with Gasteiger partial charge in [-0.1, -0.05) is 19.3 Å². The van der Waals surface area contributed by atoms with Gasteiger partial charge in [-0.3, -0.25) is 0 Å². The molecule has 1 rings (SSSR count). The van der Waals surface area contributed by atoms with E-state index in [1.807, 2.05) is 0 Å². The first-order chi connectivity index (χ1) is 8.27. The van der Waals surface area contributed by atoms with Crippen LogP contribution in [0.5, 0.6) is 0 Å². The standard InChI is InChI=1S/C13H27NO3S/c1-13(2,17-4)11-18(15,16)14(3)10-12-8-6-5-7-9-12/h12H,5-11H2,1-4H3. The average molecular weight is 277 g/mol. The van der Waals surface area contributed by atoms with Gasteiger partial charge in [0, 0.05) is 20.7 Å². The molecular weight excluding hydrogens is 250 g/mol. The number of hydrogen-bond donors (Lipinski definition) is 0. The summed E-state index contributed by atoms with van der Waals surface area (Å²) in [4.78, 5) is 0. The molecule has 0 atom stereocenters. The van der Waals surface area contributed by atoms with Crippen LogP contribution < -0.4 is 0 Å². The highest BCUT2D eigenvalue weighted by molar-refractivity contribution is 7.89. The Morgan fingerprint density at radius 2 is 1.78 bits per heavy atom. The Kier molecular flexibility index (Phi) is 5.62. The van der Waals surface area contributed by atoms with Gasteiger partial charge in [-0.2, -0.15) is 0 Å². The first-order valence-electron chi connectivity index (χ1n) is 6.76. The number of nitrogens with zero attached hydrogens (tertiary/aromatic N) is 1. The fraction of sp³-hybridized carbons (Fsp3) is 1.00. The van der Waals surface area contributed by atoms with Crippen molar-refractivity contribution in [1.82, 2.24) is 4.31 Å². The normalized spacial score (nSPS) is 19.4. The zero-order valence-corrected chi connectivity index (χ0v) is 12.9. The summed E-state index contributed by atoms with van der Waals surface area (Å²) in [5, 5.41) is 0. The zero-order chi connectivity index (χ0) is 13.8. The van der Waals surface area contributed by atoms with Crippen molar-refractivity contribution in [3.8, 4) is 0 Å². The molecule has 1 aliphatic carbocycles. The Morgan fingerprint density at radius 1 is 1.22 bits per heavy atom. The van der Waals surface area contributed by atoms with Crippen LogP contribution >= 0.6 is 0 Å². The molecule has 4 nitrogen and oxygen atoms in total. The fourth-order valence-electron chi connectivity index (χ4n) is 2.46. The maximum absolute atomic E-state index is 12.2. The molecule has 1 fully saturated rings. The van der Waals surface area contributed by atoms with Crippen molar-refractivity contribution >= 4 is 10.0 Å². The smallest absolute Gasteiger partial charge is 0.216 e. The van der Waals surface area contributed by atoms with Gasteiger partial charge in [0.15, 0.2) is 0 Å². The number of ether oxygens (including phenoxy) is 1. The fourth-order valence-corrected chi connectivity index (χ4v) is 4.11. The van der Waals surface area contributed by atoms with Crippen LogP contribution in [0.2, 0.25) is 0 Å². The van der Waals surface area contributed by atoms with Gasteiger partial charge < -0.3 is 4.74 Å². The summed E-state index contributed by atoms with van der Waals surface area (Å²) in [6.07, 6.45) is 6.09. The summed E-state index contributed by atoms with van der Waals surface area (Å²) < 4.78 is 31.2. The number of hydrogen-bond acceptors (Lipinski definition) is 3. The molecule has 0 aromatic carbocycles. The lowest BCUT2D eigenvalue weighted by atomic mass is 9.89. The van der Waals surface area contributed by atoms with Crippen molar-refractivity contribution in [2.75, 3.05) is 26.5 Å². The zero-order valence-electron chi connectivity index (χ0n) is 12.1. The van der Waals surface area contributed by atoms with Gasteiger partial charge in [-0.15, -0.1) is 0 Å². The van der Waals surface area contributed by atoms with Crippen LogP contribution in [-0.2, 0) is 14.8 Å². The Hall–Kier alpha value is -0.130. The molecule has 1 saturated carbocycles. The van der Waals surface area contributed by atoms with Crippen molar-refractivity contribution in [2.45, 2.75) is 51.6 Å². The van der Waals surface area contributed by atoms with E-state index in [9.17, 15) is 8.42 Å². The largest absolute Gasteiger partial charge is 0.378 e. The van der Waals surface area contributed by atoms with Crippen LogP contribution in [-0.4, -0.2) is 44.8 Å². The van der Waals surface area contributed by atoms with Crippen molar-refractivity contribution in [3.63, 3.8) is 0 Å². The highest BCUT2D eigenvalue weighted by Gasteiger charge is 2.30. The van der Waals surface area contributed by atoms with E-state index < -0.39 is 15.6 Å². The predicted octanol–water partition coefficient (Wildman–Crippen LogP) is 2.25. The molecule has 0 amide bonds. The molecule has 0 aromatic heterocycles. The second-order valence-corrected chi connectivity index (χ2v) is 8.08. The van der Waals surface area contributed by atoms with Crippen molar-refractivity contribution in [2.24, 2.45) is 5.92 Å². The summed E-state index contributed by atoms with van der Waals surface area (Å²) in [6, 6.07) is 0. The maximum Gasteiger partial charge on any atom is 0.216 e. The minimum absolute atomic E-state index is 0.0414. The lowest BCUT2D eigenvalue weighted by Gasteiger charge is -2.29. The topological polar surface area (TPSA) is 46.6 Å². The quantitative estimate of drug-likeness (QED) is 0.748. The molecule has 0 aliphatic heterocycles. The number of sulfonamides is 1. The number of rotatable bonds is 6. The van der Waals surface area contributed by atoms with Crippen LogP contribution in [0.15, 0.2) is 0 Å². The molecule has 0 radical (unpaired) electrons. The third-order valence-electron chi connectivity index (χ3n) is 3.80. The molecule has 0 heterocycles. The van der Waals surface area contributed by atoms with Gasteiger partial charge in [0.25, 0.3) is 0 Å². The molecule has 0 spiro atoms. The minimum Gasteiger partial charge on any atom is -0.378 e. The average Bonchev–Trinajstić information content (AvgIpc) is 2.29. The Labute approximate surface area is 112 Å². The minimum atomic E-state index is -3.22. The van der Waals surface area contributed by atoms with E-state index in [0.717, 1.165) is 12.8 Å². The van der Waals surface area contributed by atoms with Crippen LogP contribution in [0.4, 0.5) is 0 Å². The monoisotopic (exact) mass is 277 g/mol. The molecule has 0 aromatic rings. The van der Waals surface area contributed by atoms with E-state index in [4.69, 9.17) is 4.74 Å². The Morgan fingerprint density at radius 3 is 2.28 bits per heavy atom. The molecule has 108 valence electrons. The van der Waals surface area contributed by atoms with Gasteiger partial charge in [-0.25, -0.2) is 12.7 Å². The highest BCUT2D eigenvalue weighted by atomic mass is 32.2. The summed E-state index contributed by atoms with van der Waals surface area (Å²) >= 11 is 0. The molecule has 1 aliphatic rings. The SMILES string of the molecule is COC(C)(C)CS(=O)(=O)N(C)CC1CCCCC1. The van der Waals surface area contributed by atoms with E-state index in [1.54, 1.807) is 28.0 Å². The van der Waals surface area contributed by atoms with E-state index >= 15 is 0 Å². The molecule has 5 heteroatoms. The van der Waals surface area contributed by atoms with E-state index in [-0.39, 0.29) is 5.75 Å². The second-order valence-electron chi connectivity index (χ2n) is 6.00. The summed E-state index contributed by atoms with van der Waals surface area (Å²) in [7, 11) is 0.0213. The molecule has 0 N–H and O–H groups in total. The third kappa shape index (κ3) is 4.86. The number of methoxy groups -OCH3 is 1. The van der Waals surface area contributed by atoms with Crippen LogP contribution in [0.1, 0.15) is 46.0 Å². The lowest BCUT2D eigenvalue weighted by Crippen LogP contribution is -2.41. The van der Waals surface area contributed by atoms with Crippen LogP contribution in [0, 0.1) is 5.92 Å². The van der Waals surface area contributed by atoms with Gasteiger partial charge in [-0.05, 0) is 32.6 Å². The molecule has 0 saturated heterocycles. The molecule has 0 bridgehead atoms. The maximum atomic E-state index is 12.2. The van der Waals surface area contributed by atoms with Gasteiger partial charge >= 0.3 is 0 Å². The summed E-state index contributed by atoms with van der Waals surface area (Å²) in [5.41, 5.74) is -0.625. The first kappa shape index (κ1) is 15.9. The highest BCUT2D eigenvalue weighted by Crippen LogP contribution is 2.25. The Balaban J connectivity index is 2.55. The second kappa shape index (κ2) is 6.35. The van der Waals surface area contributed by atoms with E-state index in [0.29, 0.717) is 12.5 Å². The third-order valence-corrected chi connectivity index (χ3v) is 5.96. The van der Waals surface area contributed by atoms with Crippen molar-refractivity contribution < 1.29 is 13.2 Å². The van der Waals surface area contributed by atoms with E-state index in [2.05, 4.69) is 0 Å². The summed E-state index contributed by atoms with van der Waals surface area (Å²) in [5.74, 6) is 0.573. The molecular formula is C13H27NO3S. The predicted molar refractivity (Wildman–Crippen MR) is 74.1 cm³/mol. The van der Waals surface area contributed by atoms with Crippen LogP contribution in [0.3, 0.4) is 0 Å². The van der Waals surface area contributed by atoms with E-state index in [1.165, 1.54) is 23.6 Å². The summed E-state index contributed by atoms with van der Waals surface area (Å²) in [6.45, 7) is 4.26. The van der Waals surface area contributed by atoms with Gasteiger partial charge in [0.05, 0.1) is 11.4 Å². The molecule has 0 unspecified atom stereocenters. The van der Waals surface area contributed by atoms with Crippen molar-refractivity contribution in [3.05, 3.63) is 0 Å². The lowest BCUT2D eigenvalue weighted by molar-refractivity contribution is 0.0416. The van der Waals surface area contributed by atoms with Crippen LogP contribution in [0.25, 0.3) is 0 Å². The van der Waals surface area contributed by atoms with Gasteiger partial charge in [0.1, 0.15) is 0 Å². The Bertz CT molecular complexity index is 345. The first-order valence-corrected chi connectivity index (χ1v) is 8.37. The van der Waals surface area contributed by atoms with Gasteiger partial charge in [0.2, 0.25) is 10.0 Å². The van der Waals surface area contributed by atoms with Crippen molar-refractivity contribution in [1.29, 1.82) is 0 Å².